The Morgan fingerprint density at radius 1 is 0.461 bits per heavy atom. The topological polar surface area (TPSA) is 541 Å². The van der Waals surface area contributed by atoms with Gasteiger partial charge in [0.05, 0.1) is 63.9 Å². The van der Waals surface area contributed by atoms with Crippen molar-refractivity contribution in [3.8, 4) is 0 Å². The van der Waals surface area contributed by atoms with Crippen molar-refractivity contribution in [3.05, 3.63) is 24.3 Å². The Morgan fingerprint density at radius 3 is 1.34 bits per heavy atom. The van der Waals surface area contributed by atoms with Crippen LogP contribution in [0.4, 0.5) is 0 Å². The Balaban J connectivity index is 1.23. The lowest BCUT2D eigenvalue weighted by atomic mass is 9.88. The van der Waals surface area contributed by atoms with Crippen LogP contribution in [-0.4, -0.2) is 321 Å². The van der Waals surface area contributed by atoms with Gasteiger partial charge in [-0.2, -0.15) is 0 Å². The van der Waals surface area contributed by atoms with Crippen LogP contribution in [0.25, 0.3) is 0 Å². The van der Waals surface area contributed by atoms with Crippen molar-refractivity contribution >= 4 is 23.7 Å². The molecule has 10 unspecified atom stereocenters. The number of unbranched alkanes of at least 4 members (excludes halogenated alkanes) is 30. The molecule has 34 heteroatoms. The number of nitrogens with one attached hydrogen (secondary N) is 3. The summed E-state index contributed by atoms with van der Waals surface area (Å²) in [5.41, 5.74) is 0. The van der Waals surface area contributed by atoms with Gasteiger partial charge in [0, 0.05) is 26.7 Å². The molecule has 115 heavy (non-hydrogen) atoms. The van der Waals surface area contributed by atoms with Crippen LogP contribution in [0.2, 0.25) is 0 Å². The van der Waals surface area contributed by atoms with Gasteiger partial charge in [0.2, 0.25) is 17.7 Å². The highest BCUT2D eigenvalue weighted by Crippen LogP contribution is 2.39. The van der Waals surface area contributed by atoms with Crippen molar-refractivity contribution in [1.82, 2.24) is 16.0 Å². The summed E-state index contributed by atoms with van der Waals surface area (Å²) < 4.78 is 59.3. The van der Waals surface area contributed by atoms with Gasteiger partial charge in [-0.05, 0) is 44.9 Å². The Kier molecular flexibility index (Phi) is 49.7. The first-order valence-corrected chi connectivity index (χ1v) is 42.7. The summed E-state index contributed by atoms with van der Waals surface area (Å²) in [6.45, 7) is 0.607. The van der Waals surface area contributed by atoms with Gasteiger partial charge < -0.3 is 150 Å². The van der Waals surface area contributed by atoms with E-state index in [0.29, 0.717) is 12.8 Å². The van der Waals surface area contributed by atoms with Crippen LogP contribution in [0.3, 0.4) is 0 Å². The smallest absolute Gasteiger partial charge is 0.364 e. The van der Waals surface area contributed by atoms with Crippen molar-refractivity contribution in [3.63, 3.8) is 0 Å². The molecule has 34 nitrogen and oxygen atoms in total. The number of aliphatic hydroxyl groups excluding tert-OH is 16. The zero-order valence-electron chi connectivity index (χ0n) is 68.2. The molecule has 28 atom stereocenters. The van der Waals surface area contributed by atoms with Gasteiger partial charge in [0.1, 0.15) is 116 Å². The molecule has 0 aromatic heterocycles. The lowest BCUT2D eigenvalue weighted by molar-refractivity contribution is -0.383. The number of ether oxygens (including phenoxy) is 10. The summed E-state index contributed by atoms with van der Waals surface area (Å²) in [4.78, 5) is 52.2. The molecule has 0 saturated carbocycles. The SMILES string of the molecule is CCCCCCCC/C=C\CCCCCCCCCCCCCCCC(=O)N[C@@H](CO[C@@H]1OC(CO)[C@@H](O[C@@H]2OC(CO)[C@H](O[C@@H]3OC(CO[C@]4(C(=O)O)CC(O)[C@@H](NC(C)=O)C([C@H](O)[C@H](O)CO)O4)[C@H](O)[C@H](O[C@@H]4OC(CO)[C@H](O)[C@H](O)C4O)C3NC(C)=O)[C@H](O)C2O)[C@H](O)C1O)[C@H](O)/C=C/CCCCCCCCCCCCC. The third kappa shape index (κ3) is 33.9. The number of allylic oxidation sites excluding steroid dienone is 3. The number of rotatable bonds is 59. The average Bonchev–Trinajstić information content (AvgIpc) is 0.755. The Hall–Kier alpha value is -3.68. The Morgan fingerprint density at radius 2 is 0.870 bits per heavy atom. The van der Waals surface area contributed by atoms with Crippen LogP contribution in [0.15, 0.2) is 24.3 Å². The molecule has 5 fully saturated rings. The highest BCUT2D eigenvalue weighted by atomic mass is 16.8. The Labute approximate surface area is 677 Å². The second-order valence-electron chi connectivity index (χ2n) is 31.8. The van der Waals surface area contributed by atoms with Gasteiger partial charge in [0.15, 0.2) is 25.2 Å². The van der Waals surface area contributed by atoms with E-state index in [-0.39, 0.29) is 12.3 Å². The van der Waals surface area contributed by atoms with Crippen molar-refractivity contribution in [2.45, 2.75) is 424 Å². The number of carbonyl (C=O) groups is 4. The maximum absolute atomic E-state index is 13.6. The molecule has 5 aliphatic heterocycles. The molecule has 0 bridgehead atoms. The summed E-state index contributed by atoms with van der Waals surface area (Å²) in [6.07, 6.45) is -2.18. The standard InChI is InChI=1S/C81H145N3O31/c1-5-7-9-11-13-15-17-19-20-21-22-23-24-25-26-27-28-30-32-34-36-38-40-42-60(94)84-52(53(91)41-39-37-35-33-31-29-18-16-14-12-10-8-6-2)48-106-77-70(102)67(99)73(57(46-87)109-77)113-79-71(103)68(100)72(58(47-88)110-79)112-76-62(83-51(4)90)74(114-78-69(101)66(98)64(96)56(45-86)108-78)65(97)59(111-76)49-107-81(80(104)105)43-54(92)61(82-50(3)89)75(115-81)63(95)55(93)44-85/h19-20,39,41,52-59,61-79,85-88,91-93,95-103H,5-18,21-38,40,42-49H2,1-4H3,(H,82,89)(H,83,90)(H,84,94)(H,104,105)/b20-19-,41-39+/t52-,53+,54?,55+,56?,57?,58?,59?,61+,62?,63+,64-,65-,66-,67+,68+,69?,70?,71?,72-,73+,74+,75?,76-,77+,78-,79-,81+/m0/s1. The molecule has 0 radical (unpaired) electrons. The third-order valence-electron chi connectivity index (χ3n) is 22.2. The lowest BCUT2D eigenvalue weighted by Crippen LogP contribution is -2.71. The van der Waals surface area contributed by atoms with E-state index in [9.17, 15) is 106 Å². The van der Waals surface area contributed by atoms with Crippen LogP contribution in [0, 0.1) is 0 Å². The summed E-state index contributed by atoms with van der Waals surface area (Å²) in [7, 11) is 0. The average molecular weight is 1660 g/mol. The fraction of sp³-hybridized carbons (Fsp3) is 0.901. The van der Waals surface area contributed by atoms with Gasteiger partial charge in [-0.3, -0.25) is 14.4 Å². The van der Waals surface area contributed by atoms with Gasteiger partial charge >= 0.3 is 5.97 Å². The van der Waals surface area contributed by atoms with E-state index < -0.39 is 235 Å². The van der Waals surface area contributed by atoms with Crippen molar-refractivity contribution in [2.24, 2.45) is 0 Å². The molecule has 0 spiro atoms. The van der Waals surface area contributed by atoms with Crippen LogP contribution >= 0.6 is 0 Å². The third-order valence-corrected chi connectivity index (χ3v) is 22.2. The van der Waals surface area contributed by atoms with Crippen LogP contribution < -0.4 is 16.0 Å². The van der Waals surface area contributed by atoms with E-state index in [1.807, 2.05) is 6.08 Å². The molecule has 0 aromatic carbocycles. The summed E-state index contributed by atoms with van der Waals surface area (Å²) in [5, 5.41) is 196. The second-order valence-corrected chi connectivity index (χ2v) is 31.8. The monoisotopic (exact) mass is 1660 g/mol. The number of amides is 3. The molecule has 5 aliphatic rings. The highest BCUT2D eigenvalue weighted by Gasteiger charge is 2.60. The molecule has 0 aromatic rings. The number of carboxylic acid groups (broad SMARTS) is 1. The Bertz CT molecular complexity index is 2690. The predicted octanol–water partition coefficient (Wildman–Crippen LogP) is 1.85. The number of carboxylic acids is 1. The van der Waals surface area contributed by atoms with Crippen LogP contribution in [0.5, 0.6) is 0 Å². The molecule has 670 valence electrons. The molecular formula is C81H145N3O31. The minimum absolute atomic E-state index is 0.165. The molecule has 20 N–H and O–H groups in total. The first-order chi connectivity index (χ1) is 55.2. The zero-order chi connectivity index (χ0) is 84.4. The second kappa shape index (κ2) is 56.1. The maximum atomic E-state index is 13.6. The van der Waals surface area contributed by atoms with E-state index in [1.165, 1.54) is 148 Å². The minimum Gasteiger partial charge on any atom is -0.477 e. The normalized spacial score (nSPS) is 33.1. The number of carbonyl (C=O) groups excluding carboxylic acids is 3. The number of hydrogen-bond donors (Lipinski definition) is 20. The summed E-state index contributed by atoms with van der Waals surface area (Å²) >= 11 is 0. The first kappa shape index (κ1) is 102. The van der Waals surface area contributed by atoms with E-state index in [1.54, 1.807) is 6.08 Å². The molecule has 3 amide bonds. The van der Waals surface area contributed by atoms with Gasteiger partial charge in [0.25, 0.3) is 5.79 Å². The fourth-order valence-electron chi connectivity index (χ4n) is 15.3. The molecule has 0 aliphatic carbocycles. The van der Waals surface area contributed by atoms with E-state index in [2.05, 4.69) is 41.9 Å². The molecule has 5 rings (SSSR count). The number of aliphatic carboxylic acids is 1. The minimum atomic E-state index is -3.08. The van der Waals surface area contributed by atoms with Crippen molar-refractivity contribution in [1.29, 1.82) is 0 Å². The van der Waals surface area contributed by atoms with E-state index >= 15 is 0 Å². The van der Waals surface area contributed by atoms with Gasteiger partial charge in [-0.1, -0.05) is 205 Å². The highest BCUT2D eigenvalue weighted by molar-refractivity contribution is 5.77. The first-order valence-electron chi connectivity index (χ1n) is 42.7. The molecular weight excluding hydrogens is 1510 g/mol. The quantitative estimate of drug-likeness (QED) is 0.0305. The fourth-order valence-corrected chi connectivity index (χ4v) is 15.3. The van der Waals surface area contributed by atoms with Crippen molar-refractivity contribution in [2.75, 3.05) is 39.6 Å². The molecule has 5 heterocycles. The van der Waals surface area contributed by atoms with Crippen LogP contribution in [0.1, 0.15) is 252 Å². The summed E-state index contributed by atoms with van der Waals surface area (Å²) in [5.74, 6) is -7.18. The zero-order valence-corrected chi connectivity index (χ0v) is 68.2. The summed E-state index contributed by atoms with van der Waals surface area (Å²) in [6, 6.07) is -4.63. The van der Waals surface area contributed by atoms with Gasteiger partial charge in [-0.25, -0.2) is 4.79 Å². The lowest BCUT2D eigenvalue weighted by Gasteiger charge is -2.51. The number of hydrogen-bond acceptors (Lipinski definition) is 30. The van der Waals surface area contributed by atoms with Crippen molar-refractivity contribution < 1.29 is 153 Å². The molecule has 5 saturated heterocycles. The largest absolute Gasteiger partial charge is 0.477 e. The number of aliphatic hydroxyl groups is 16. The van der Waals surface area contributed by atoms with Gasteiger partial charge in [-0.15, -0.1) is 0 Å². The van der Waals surface area contributed by atoms with E-state index in [4.69, 9.17) is 47.4 Å². The predicted molar refractivity (Wildman–Crippen MR) is 415 cm³/mol. The maximum Gasteiger partial charge on any atom is 0.364 e. The van der Waals surface area contributed by atoms with Crippen LogP contribution in [-0.2, 0) is 66.5 Å². The van der Waals surface area contributed by atoms with E-state index in [0.717, 1.165) is 65.2 Å².